The summed E-state index contributed by atoms with van der Waals surface area (Å²) in [6, 6.07) is 4.66. The highest BCUT2D eigenvalue weighted by molar-refractivity contribution is 7.93. The van der Waals surface area contributed by atoms with Gasteiger partial charge in [0.25, 0.3) is 10.0 Å². The predicted molar refractivity (Wildman–Crippen MR) is 87.4 cm³/mol. The van der Waals surface area contributed by atoms with Gasteiger partial charge < -0.3 is 4.74 Å². The molecule has 1 aromatic carbocycles. The van der Waals surface area contributed by atoms with Crippen LogP contribution in [0.25, 0.3) is 0 Å². The number of hydrogen-bond donors (Lipinski definition) is 1. The van der Waals surface area contributed by atoms with Crippen LogP contribution in [-0.4, -0.2) is 37.7 Å². The molecule has 1 aromatic heterocycles. The van der Waals surface area contributed by atoms with Crippen molar-refractivity contribution in [2.75, 3.05) is 24.6 Å². The molecule has 0 aliphatic rings. The first kappa shape index (κ1) is 18.1. The van der Waals surface area contributed by atoms with Gasteiger partial charge in [-0.25, -0.2) is 17.8 Å². The number of sulfonamides is 1. The molecule has 6 nitrogen and oxygen atoms in total. The summed E-state index contributed by atoms with van der Waals surface area (Å²) in [5.74, 6) is 0.439. The van der Waals surface area contributed by atoms with E-state index in [2.05, 4.69) is 14.1 Å². The van der Waals surface area contributed by atoms with Crippen LogP contribution in [0.1, 0.15) is 11.4 Å². The van der Waals surface area contributed by atoms with Gasteiger partial charge in [0.1, 0.15) is 12.5 Å². The number of halogens is 2. The van der Waals surface area contributed by atoms with Crippen molar-refractivity contribution in [3.8, 4) is 0 Å². The second kappa shape index (κ2) is 8.00. The molecular formula is C13H15ClFN3O3S2. The van der Waals surface area contributed by atoms with Crippen molar-refractivity contribution in [3.63, 3.8) is 0 Å². The summed E-state index contributed by atoms with van der Waals surface area (Å²) in [6.45, 7) is 1.39. The summed E-state index contributed by atoms with van der Waals surface area (Å²) in [6.07, 6.45) is 0.383. The van der Waals surface area contributed by atoms with Gasteiger partial charge in [-0.3, -0.25) is 4.72 Å². The zero-order valence-electron chi connectivity index (χ0n) is 12.3. The summed E-state index contributed by atoms with van der Waals surface area (Å²) < 4.78 is 48.1. The van der Waals surface area contributed by atoms with E-state index in [1.165, 1.54) is 6.07 Å². The standard InChI is InChI=1S/C13H15ClFN3O3S2/c1-9-10(14)3-2-4-11(9)23(19,20)18-13-16-12(17-22-13)5-7-21-8-6-15/h2-4H,5-8H2,1H3,(H,16,17,18). The van der Waals surface area contributed by atoms with Gasteiger partial charge >= 0.3 is 0 Å². The lowest BCUT2D eigenvalue weighted by atomic mass is 10.2. The molecule has 1 N–H and O–H groups in total. The molecule has 0 unspecified atom stereocenters. The van der Waals surface area contributed by atoms with E-state index < -0.39 is 16.7 Å². The van der Waals surface area contributed by atoms with E-state index in [-0.39, 0.29) is 23.2 Å². The van der Waals surface area contributed by atoms with Crippen molar-refractivity contribution in [2.45, 2.75) is 18.2 Å². The molecule has 0 amide bonds. The molecule has 0 saturated carbocycles. The van der Waals surface area contributed by atoms with Crippen LogP contribution in [0.2, 0.25) is 5.02 Å². The van der Waals surface area contributed by atoms with Gasteiger partial charge in [-0.05, 0) is 24.6 Å². The first-order valence-electron chi connectivity index (χ1n) is 6.68. The minimum Gasteiger partial charge on any atom is -0.378 e. The molecule has 0 bridgehead atoms. The number of alkyl halides is 1. The topological polar surface area (TPSA) is 81.2 Å². The first-order chi connectivity index (χ1) is 10.9. The Labute approximate surface area is 142 Å². The summed E-state index contributed by atoms with van der Waals surface area (Å²) in [5.41, 5.74) is 0.464. The highest BCUT2D eigenvalue weighted by Gasteiger charge is 2.20. The fourth-order valence-corrected chi connectivity index (χ4v) is 4.10. The third-order valence-corrected chi connectivity index (χ3v) is 5.58. The second-order valence-electron chi connectivity index (χ2n) is 4.54. The average molecular weight is 380 g/mol. The lowest BCUT2D eigenvalue weighted by Crippen LogP contribution is -2.14. The Balaban J connectivity index is 2.06. The number of aromatic nitrogens is 2. The minimum absolute atomic E-state index is 0.0255. The van der Waals surface area contributed by atoms with Crippen molar-refractivity contribution in [2.24, 2.45) is 0 Å². The minimum atomic E-state index is -3.79. The number of benzene rings is 1. The fraction of sp³-hybridized carbons (Fsp3) is 0.385. The number of anilines is 1. The van der Waals surface area contributed by atoms with Crippen molar-refractivity contribution < 1.29 is 17.5 Å². The van der Waals surface area contributed by atoms with Gasteiger partial charge in [0, 0.05) is 23.0 Å². The van der Waals surface area contributed by atoms with Gasteiger partial charge in [0.15, 0.2) is 0 Å². The maximum Gasteiger partial charge on any atom is 0.264 e. The largest absolute Gasteiger partial charge is 0.378 e. The van der Waals surface area contributed by atoms with Crippen molar-refractivity contribution in [1.82, 2.24) is 9.36 Å². The molecule has 0 saturated heterocycles. The fourth-order valence-electron chi connectivity index (χ4n) is 1.77. The third kappa shape index (κ3) is 4.84. The summed E-state index contributed by atoms with van der Waals surface area (Å²) in [5, 5.41) is 0.528. The molecule has 0 atom stereocenters. The van der Waals surface area contributed by atoms with Crippen LogP contribution in [0.4, 0.5) is 9.52 Å². The molecule has 0 fully saturated rings. The molecule has 10 heteroatoms. The van der Waals surface area contributed by atoms with E-state index in [9.17, 15) is 12.8 Å². The van der Waals surface area contributed by atoms with Crippen LogP contribution in [0.5, 0.6) is 0 Å². The van der Waals surface area contributed by atoms with Crippen molar-refractivity contribution in [1.29, 1.82) is 0 Å². The Kier molecular flexibility index (Phi) is 6.28. The smallest absolute Gasteiger partial charge is 0.264 e. The number of nitrogens with one attached hydrogen (secondary N) is 1. The van der Waals surface area contributed by atoms with E-state index in [1.807, 2.05) is 0 Å². The summed E-state index contributed by atoms with van der Waals surface area (Å²) >= 11 is 6.88. The van der Waals surface area contributed by atoms with Crippen molar-refractivity contribution >= 4 is 38.3 Å². The van der Waals surface area contributed by atoms with Crippen LogP contribution in [0, 0.1) is 6.92 Å². The zero-order valence-corrected chi connectivity index (χ0v) is 14.6. The Morgan fingerprint density at radius 2 is 2.17 bits per heavy atom. The van der Waals surface area contributed by atoms with E-state index in [0.717, 1.165) is 11.5 Å². The quantitative estimate of drug-likeness (QED) is 0.713. The maximum absolute atomic E-state index is 12.4. The van der Waals surface area contributed by atoms with E-state index in [1.54, 1.807) is 19.1 Å². The molecule has 0 aliphatic heterocycles. The zero-order chi connectivity index (χ0) is 16.9. The van der Waals surface area contributed by atoms with Crippen LogP contribution in [-0.2, 0) is 21.2 Å². The highest BCUT2D eigenvalue weighted by atomic mass is 35.5. The third-order valence-electron chi connectivity index (χ3n) is 2.89. The lowest BCUT2D eigenvalue weighted by molar-refractivity contribution is 0.121. The Hall–Kier alpha value is -1.29. The van der Waals surface area contributed by atoms with Crippen LogP contribution in [0.3, 0.4) is 0 Å². The molecule has 0 radical (unpaired) electrons. The SMILES string of the molecule is Cc1c(Cl)cccc1S(=O)(=O)Nc1nc(CCOCCF)ns1. The molecule has 0 aliphatic carbocycles. The Morgan fingerprint density at radius 3 is 2.91 bits per heavy atom. The van der Waals surface area contributed by atoms with E-state index in [4.69, 9.17) is 16.3 Å². The van der Waals surface area contributed by atoms with Crippen molar-refractivity contribution in [3.05, 3.63) is 34.6 Å². The molecule has 0 spiro atoms. The number of hydrogen-bond acceptors (Lipinski definition) is 6. The summed E-state index contributed by atoms with van der Waals surface area (Å²) in [4.78, 5) is 4.17. The van der Waals surface area contributed by atoms with Gasteiger partial charge in [-0.15, -0.1) is 0 Å². The van der Waals surface area contributed by atoms with Gasteiger partial charge in [0.2, 0.25) is 5.13 Å². The summed E-state index contributed by atoms with van der Waals surface area (Å²) in [7, 11) is -3.79. The number of nitrogens with zero attached hydrogens (tertiary/aromatic N) is 2. The van der Waals surface area contributed by atoms with Crippen LogP contribution >= 0.6 is 23.1 Å². The molecule has 126 valence electrons. The normalized spacial score (nSPS) is 11.6. The second-order valence-corrected chi connectivity index (χ2v) is 7.35. The van der Waals surface area contributed by atoms with E-state index >= 15 is 0 Å². The molecule has 2 aromatic rings. The molecule has 2 rings (SSSR count). The van der Waals surface area contributed by atoms with Gasteiger partial charge in [0.05, 0.1) is 18.1 Å². The number of rotatable bonds is 8. The Bertz CT molecular complexity index is 768. The van der Waals surface area contributed by atoms with Gasteiger partial charge in [-0.2, -0.15) is 4.37 Å². The highest BCUT2D eigenvalue weighted by Crippen LogP contribution is 2.25. The number of ether oxygens (including phenoxy) is 1. The van der Waals surface area contributed by atoms with Crippen LogP contribution in [0.15, 0.2) is 23.1 Å². The lowest BCUT2D eigenvalue weighted by Gasteiger charge is -2.08. The van der Waals surface area contributed by atoms with Gasteiger partial charge in [-0.1, -0.05) is 17.7 Å². The maximum atomic E-state index is 12.4. The first-order valence-corrected chi connectivity index (χ1v) is 9.31. The molecule has 23 heavy (non-hydrogen) atoms. The van der Waals surface area contributed by atoms with E-state index in [0.29, 0.717) is 22.8 Å². The Morgan fingerprint density at radius 1 is 1.39 bits per heavy atom. The predicted octanol–water partition coefficient (Wildman–Crippen LogP) is 2.83. The molecule has 1 heterocycles. The van der Waals surface area contributed by atoms with Crippen LogP contribution < -0.4 is 4.72 Å². The monoisotopic (exact) mass is 379 g/mol. The molecular weight excluding hydrogens is 365 g/mol. The average Bonchev–Trinajstić information content (AvgIpc) is 2.93.